The van der Waals surface area contributed by atoms with Crippen molar-refractivity contribution in [3.8, 4) is 0 Å². The third-order valence-electron chi connectivity index (χ3n) is 11.2. The minimum absolute atomic E-state index is 0. The molecule has 0 saturated carbocycles. The molecular formula is C45H60N12O8. The summed E-state index contributed by atoms with van der Waals surface area (Å²) in [6.07, 6.45) is 12.6. The van der Waals surface area contributed by atoms with Gasteiger partial charge in [-0.25, -0.2) is 19.6 Å². The van der Waals surface area contributed by atoms with Gasteiger partial charge >= 0.3 is 12.0 Å². The SMILES string of the molecule is C.C.CCC(C)(C)C(=O)C(=O)N1CCC[C@H]1C(=O)O.CCC(C)(C)C(=O)C(=O)N1CCC[C@H]1C(=O)n1nnc2ccccc21.O=C(n1ccnc1)n1ccnc1.c1ccc2n[nH]nc2c1. The fourth-order valence-corrected chi connectivity index (χ4v) is 6.53. The summed E-state index contributed by atoms with van der Waals surface area (Å²) >= 11 is 0. The normalized spacial score (nSPS) is 15.5. The molecule has 2 amide bonds. The smallest absolute Gasteiger partial charge is 0.338 e. The Kier molecular flexibility index (Phi) is 18.4. The number of likely N-dealkylation sites (tertiary alicyclic amines) is 2. The largest absolute Gasteiger partial charge is 0.480 e. The van der Waals surface area contributed by atoms with Crippen molar-refractivity contribution in [1.82, 2.24) is 59.3 Å². The second-order valence-corrected chi connectivity index (χ2v) is 16.1. The highest BCUT2D eigenvalue weighted by molar-refractivity contribution is 6.38. The van der Waals surface area contributed by atoms with E-state index in [2.05, 4.69) is 35.7 Å². The zero-order valence-electron chi connectivity index (χ0n) is 36.1. The number of hydrogen-bond acceptors (Lipinski definition) is 13. The number of carboxylic acid groups (broad SMARTS) is 1. The Morgan fingerprint density at radius 1 is 0.677 bits per heavy atom. The maximum Gasteiger partial charge on any atom is 0.338 e. The third kappa shape index (κ3) is 12.3. The van der Waals surface area contributed by atoms with E-state index in [4.69, 9.17) is 5.11 Å². The van der Waals surface area contributed by atoms with Crippen LogP contribution in [-0.4, -0.2) is 131 Å². The van der Waals surface area contributed by atoms with Crippen LogP contribution in [-0.2, 0) is 24.0 Å². The van der Waals surface area contributed by atoms with Crippen LogP contribution >= 0.6 is 0 Å². The number of aromatic amines is 1. The number of imidazole rings is 2. The zero-order valence-corrected chi connectivity index (χ0v) is 36.1. The number of carbonyl (C=O) groups excluding carboxylic acids is 6. The minimum Gasteiger partial charge on any atom is -0.480 e. The summed E-state index contributed by atoms with van der Waals surface area (Å²) in [5.41, 5.74) is 1.60. The van der Waals surface area contributed by atoms with Gasteiger partial charge in [-0.3, -0.25) is 33.1 Å². The number of aromatic nitrogens is 10. The van der Waals surface area contributed by atoms with Crippen molar-refractivity contribution < 1.29 is 38.7 Å². The van der Waals surface area contributed by atoms with Gasteiger partial charge in [-0.2, -0.15) is 20.1 Å². The van der Waals surface area contributed by atoms with E-state index in [-0.39, 0.29) is 26.8 Å². The van der Waals surface area contributed by atoms with Gasteiger partial charge in [-0.1, -0.05) is 85.9 Å². The van der Waals surface area contributed by atoms with Crippen molar-refractivity contribution in [3.05, 3.63) is 86.0 Å². The first-order chi connectivity index (χ1) is 30.0. The summed E-state index contributed by atoms with van der Waals surface area (Å²) in [5, 5.41) is 27.2. The number of carboxylic acids is 1. The Morgan fingerprint density at radius 2 is 1.12 bits per heavy atom. The average molecular weight is 897 g/mol. The molecule has 2 fully saturated rings. The van der Waals surface area contributed by atoms with E-state index in [0.29, 0.717) is 62.6 Å². The lowest BCUT2D eigenvalue weighted by molar-refractivity contribution is -0.154. The summed E-state index contributed by atoms with van der Waals surface area (Å²) in [7, 11) is 0. The zero-order chi connectivity index (χ0) is 45.9. The highest BCUT2D eigenvalue weighted by Gasteiger charge is 2.43. The predicted molar refractivity (Wildman–Crippen MR) is 241 cm³/mol. The first kappa shape index (κ1) is 52.1. The predicted octanol–water partition coefficient (Wildman–Crippen LogP) is 5.96. The number of carbonyl (C=O) groups is 7. The minimum atomic E-state index is -1.03. The number of Topliss-reactive ketones (excluding diaryl/α,β-unsaturated/α-hetero) is 2. The van der Waals surface area contributed by atoms with Crippen LogP contribution in [0.5, 0.6) is 0 Å². The van der Waals surface area contributed by atoms with Crippen molar-refractivity contribution in [2.24, 2.45) is 10.8 Å². The monoisotopic (exact) mass is 896 g/mol. The number of amides is 2. The topological polar surface area (TPSA) is 254 Å². The molecule has 0 unspecified atom stereocenters. The summed E-state index contributed by atoms with van der Waals surface area (Å²) in [6.45, 7) is 11.4. The van der Waals surface area contributed by atoms with Crippen LogP contribution in [0.4, 0.5) is 4.79 Å². The lowest BCUT2D eigenvalue weighted by Gasteiger charge is -2.27. The van der Waals surface area contributed by atoms with E-state index < -0.39 is 52.3 Å². The second kappa shape index (κ2) is 22.9. The molecule has 348 valence electrons. The molecule has 0 bridgehead atoms. The molecule has 65 heavy (non-hydrogen) atoms. The molecule has 0 radical (unpaired) electrons. The van der Waals surface area contributed by atoms with Crippen molar-refractivity contribution in [2.45, 2.75) is 107 Å². The third-order valence-corrected chi connectivity index (χ3v) is 11.2. The Morgan fingerprint density at radius 3 is 1.57 bits per heavy atom. The lowest BCUT2D eigenvalue weighted by atomic mass is 9.84. The maximum atomic E-state index is 12.9. The summed E-state index contributed by atoms with van der Waals surface area (Å²) < 4.78 is 3.99. The molecule has 2 atom stereocenters. The standard InChI is InChI=1S/C18H22N4O3.C12H19NO4.C7H6N4O.C6H5N3.2CH4/c1-4-18(2,3)15(23)17(25)21-11-7-10-14(21)16(24)22-13-9-6-5-8-12(13)19-20-22;1-4-12(2,3)9(14)10(15)13-7-5-6-8(13)11(16)17;12-7(10-3-1-8-5-10)11-4-2-9-6-11;1-2-4-6-5(3-1)7-9-8-6;;/h5-6,8-9,14H,4,7,10-11H2,1-3H3;8H,4-7H2,1-3H3,(H,16,17);1-6H;1-4H,(H,7,8,9);2*1H4/t14-;8-;;;;/m00..../s1. The number of hydrogen-bond donors (Lipinski definition) is 2. The van der Waals surface area contributed by atoms with Gasteiger partial charge in [0.1, 0.15) is 41.3 Å². The molecule has 2 aromatic carbocycles. The molecule has 20 heteroatoms. The highest BCUT2D eigenvalue weighted by Crippen LogP contribution is 2.27. The first-order valence-corrected chi connectivity index (χ1v) is 20.6. The summed E-state index contributed by atoms with van der Waals surface area (Å²) in [5.74, 6) is -3.51. The molecule has 2 saturated heterocycles. The van der Waals surface area contributed by atoms with Gasteiger partial charge in [0.2, 0.25) is 11.6 Å². The van der Waals surface area contributed by atoms with Crippen LogP contribution in [0.2, 0.25) is 0 Å². The molecule has 6 heterocycles. The van der Waals surface area contributed by atoms with Gasteiger partial charge in [0.25, 0.3) is 17.7 Å². The van der Waals surface area contributed by atoms with Crippen LogP contribution < -0.4 is 0 Å². The quantitative estimate of drug-likeness (QED) is 0.167. The number of aliphatic carboxylic acids is 1. The Balaban J connectivity index is 0.000000243. The van der Waals surface area contributed by atoms with Gasteiger partial charge in [0.15, 0.2) is 0 Å². The molecule has 0 aliphatic carbocycles. The summed E-state index contributed by atoms with van der Waals surface area (Å²) in [6, 6.07) is 13.2. The van der Waals surface area contributed by atoms with E-state index >= 15 is 0 Å². The average Bonchev–Trinajstić information content (AvgIpc) is 4.15. The number of benzene rings is 2. The summed E-state index contributed by atoms with van der Waals surface area (Å²) in [4.78, 5) is 94.6. The van der Waals surface area contributed by atoms with E-state index in [1.807, 2.05) is 44.2 Å². The van der Waals surface area contributed by atoms with Crippen LogP contribution in [0.15, 0.2) is 86.0 Å². The Bertz CT molecular complexity index is 2480. The van der Waals surface area contributed by atoms with E-state index in [0.717, 1.165) is 11.0 Å². The van der Waals surface area contributed by atoms with Gasteiger partial charge in [-0.15, -0.1) is 5.10 Å². The Labute approximate surface area is 377 Å². The van der Waals surface area contributed by atoms with Crippen molar-refractivity contribution in [1.29, 1.82) is 0 Å². The van der Waals surface area contributed by atoms with Crippen LogP contribution in [0, 0.1) is 10.8 Å². The molecule has 2 aliphatic rings. The Hall–Kier alpha value is -7.25. The van der Waals surface area contributed by atoms with Crippen LogP contribution in [0.3, 0.4) is 0 Å². The number of para-hydroxylation sites is 3. The number of fused-ring (bicyclic) bond motifs is 2. The molecule has 20 nitrogen and oxygen atoms in total. The van der Waals surface area contributed by atoms with Gasteiger partial charge in [0, 0.05) is 48.7 Å². The number of ketones is 2. The van der Waals surface area contributed by atoms with Gasteiger partial charge in [0.05, 0.1) is 5.52 Å². The van der Waals surface area contributed by atoms with E-state index in [9.17, 15) is 33.6 Å². The molecule has 4 aromatic heterocycles. The number of rotatable bonds is 8. The molecule has 2 N–H and O–H groups in total. The fourth-order valence-electron chi connectivity index (χ4n) is 6.53. The van der Waals surface area contributed by atoms with Crippen molar-refractivity contribution in [2.75, 3.05) is 13.1 Å². The highest BCUT2D eigenvalue weighted by atomic mass is 16.4. The van der Waals surface area contributed by atoms with Crippen LogP contribution in [0.25, 0.3) is 22.1 Å². The molecule has 2 aliphatic heterocycles. The second-order valence-electron chi connectivity index (χ2n) is 16.1. The van der Waals surface area contributed by atoms with E-state index in [1.54, 1.807) is 70.7 Å². The number of nitrogens with zero attached hydrogens (tertiary/aromatic N) is 11. The number of H-pyrrole nitrogens is 1. The maximum absolute atomic E-state index is 12.9. The van der Waals surface area contributed by atoms with Crippen molar-refractivity contribution >= 4 is 63.4 Å². The molecule has 6 aromatic rings. The van der Waals surface area contributed by atoms with Gasteiger partial charge < -0.3 is 14.9 Å². The molecular weight excluding hydrogens is 837 g/mol. The molecule has 0 spiro atoms. The fraction of sp³-hybridized carbons (Fsp3) is 0.444. The first-order valence-electron chi connectivity index (χ1n) is 20.6. The van der Waals surface area contributed by atoms with Crippen LogP contribution in [0.1, 0.15) is 99.7 Å². The van der Waals surface area contributed by atoms with Gasteiger partial charge in [-0.05, 0) is 62.8 Å². The lowest BCUT2D eigenvalue weighted by Crippen LogP contribution is -2.48. The van der Waals surface area contributed by atoms with Crippen molar-refractivity contribution in [3.63, 3.8) is 0 Å². The molecule has 8 rings (SSSR count). The number of nitrogens with one attached hydrogen (secondary N) is 1. The van der Waals surface area contributed by atoms with E-state index in [1.165, 1.54) is 36.3 Å².